The smallest absolute Gasteiger partial charge is 0.262 e. The Morgan fingerprint density at radius 1 is 1.04 bits per heavy atom. The molecule has 2 aliphatic rings. The molecule has 0 saturated carbocycles. The van der Waals surface area contributed by atoms with Crippen LogP contribution in [0.25, 0.3) is 16.7 Å². The van der Waals surface area contributed by atoms with E-state index in [9.17, 15) is 14.7 Å². The molecule has 7 rings (SSSR count). The van der Waals surface area contributed by atoms with Crippen LogP contribution >= 0.6 is 11.3 Å². The number of likely N-dealkylation sites (tertiary alicyclic amines) is 2. The predicted octanol–water partition coefficient (Wildman–Crippen LogP) is 4.62. The summed E-state index contributed by atoms with van der Waals surface area (Å²) in [5, 5.41) is 13.2. The number of aryl methyl sites for hydroxylation is 1. The summed E-state index contributed by atoms with van der Waals surface area (Å²) >= 11 is 1.73. The molecule has 11 heteroatoms. The number of aromatic nitrogens is 4. The van der Waals surface area contributed by atoms with Crippen LogP contribution in [-0.4, -0.2) is 78.8 Å². The van der Waals surface area contributed by atoms with Gasteiger partial charge in [-0.1, -0.05) is 30.3 Å². The quantitative estimate of drug-likeness (QED) is 0.261. The zero-order chi connectivity index (χ0) is 32.5. The lowest BCUT2D eigenvalue weighted by molar-refractivity contribution is -0.142. The molecule has 2 fully saturated rings. The van der Waals surface area contributed by atoms with Crippen LogP contribution in [-0.2, 0) is 17.9 Å². The second-order valence-corrected chi connectivity index (χ2v) is 14.2. The summed E-state index contributed by atoms with van der Waals surface area (Å²) in [7, 11) is 1.62. The molecule has 2 aliphatic heterocycles. The fourth-order valence-corrected chi connectivity index (χ4v) is 7.96. The molecule has 0 aliphatic carbocycles. The summed E-state index contributed by atoms with van der Waals surface area (Å²) < 4.78 is 8.63. The molecule has 2 saturated heterocycles. The van der Waals surface area contributed by atoms with Gasteiger partial charge in [-0.2, -0.15) is 0 Å². The number of aliphatic hydroxyl groups is 1. The van der Waals surface area contributed by atoms with Crippen LogP contribution in [0, 0.1) is 12.8 Å². The van der Waals surface area contributed by atoms with Crippen molar-refractivity contribution in [2.45, 2.75) is 50.8 Å². The number of thiazole rings is 1. The maximum absolute atomic E-state index is 14.1. The number of benzene rings is 2. The zero-order valence-electron chi connectivity index (χ0n) is 26.8. The Balaban J connectivity index is 1.02. The number of methoxy groups -OCH3 is 1. The first-order chi connectivity index (χ1) is 22.8. The van der Waals surface area contributed by atoms with E-state index in [1.54, 1.807) is 24.5 Å². The highest BCUT2D eigenvalue weighted by atomic mass is 32.1. The van der Waals surface area contributed by atoms with Crippen LogP contribution < -0.4 is 10.3 Å². The van der Waals surface area contributed by atoms with Gasteiger partial charge in [0, 0.05) is 54.4 Å². The number of rotatable bonds is 8. The van der Waals surface area contributed by atoms with Crippen molar-refractivity contribution in [3.05, 3.63) is 105 Å². The van der Waals surface area contributed by atoms with Crippen LogP contribution in [0.2, 0.25) is 0 Å². The number of ether oxygens (including phenoxy) is 1. The van der Waals surface area contributed by atoms with Crippen molar-refractivity contribution in [2.75, 3.05) is 33.3 Å². The Morgan fingerprint density at radius 3 is 2.51 bits per heavy atom. The molecular weight excluding hydrogens is 613 g/mol. The molecule has 2 aromatic carbocycles. The molecule has 1 N–H and O–H groups in total. The number of hydrogen-bond donors (Lipinski definition) is 1. The average Bonchev–Trinajstić information content (AvgIpc) is 3.72. The summed E-state index contributed by atoms with van der Waals surface area (Å²) in [5.74, 6) is 0.870. The molecule has 244 valence electrons. The number of fused-ring (bicyclic) bond motifs is 1. The first-order valence-electron chi connectivity index (χ1n) is 16.2. The Morgan fingerprint density at radius 2 is 1.81 bits per heavy atom. The minimum absolute atomic E-state index is 0.0842. The molecule has 5 aromatic rings. The van der Waals surface area contributed by atoms with Crippen molar-refractivity contribution in [3.63, 3.8) is 0 Å². The second kappa shape index (κ2) is 13.1. The molecule has 47 heavy (non-hydrogen) atoms. The maximum atomic E-state index is 14.1. The standard InChI is InChI=1S/C36H40N6O4S/c1-25-20-37-32(47-25)22-39-16-12-29(31(21-39)26-6-4-3-5-7-26)34(43)40-18-14-36(45,15-19-40)23-41-24-38-33-30(35(41)44)13-17-42(33)27-8-10-28(46-2)11-9-27/h3-11,13,17,20,24,29,31,45H,12,14-16,18-19,21-23H2,1-2H3. The van der Waals surface area contributed by atoms with E-state index in [2.05, 4.69) is 33.9 Å². The Kier molecular flexibility index (Phi) is 8.69. The number of piperidine rings is 2. The lowest BCUT2D eigenvalue weighted by atomic mass is 9.79. The molecule has 1 amide bonds. The molecule has 2 unspecified atom stereocenters. The number of hydrogen-bond acceptors (Lipinski definition) is 8. The van der Waals surface area contributed by atoms with E-state index in [-0.39, 0.29) is 29.8 Å². The molecule has 0 spiro atoms. The molecule has 3 aromatic heterocycles. The third-order valence-electron chi connectivity index (χ3n) is 9.76. The second-order valence-electron chi connectivity index (χ2n) is 12.9. The third-order valence-corrected chi connectivity index (χ3v) is 10.7. The van der Waals surface area contributed by atoms with E-state index in [1.807, 2.05) is 64.3 Å². The summed E-state index contributed by atoms with van der Waals surface area (Å²) in [6.45, 7) is 5.55. The first-order valence-corrected chi connectivity index (χ1v) is 17.0. The van der Waals surface area contributed by atoms with Gasteiger partial charge in [0.05, 0.1) is 31.2 Å². The maximum Gasteiger partial charge on any atom is 0.262 e. The summed E-state index contributed by atoms with van der Waals surface area (Å²) in [6.07, 6.45) is 6.85. The average molecular weight is 653 g/mol. The number of carbonyl (C=O) groups is 1. The van der Waals surface area contributed by atoms with E-state index >= 15 is 0 Å². The van der Waals surface area contributed by atoms with Crippen LogP contribution in [0.1, 0.15) is 40.6 Å². The summed E-state index contributed by atoms with van der Waals surface area (Å²) in [5.41, 5.74) is 1.31. The molecule has 0 bridgehead atoms. The van der Waals surface area contributed by atoms with Gasteiger partial charge in [0.25, 0.3) is 5.56 Å². The van der Waals surface area contributed by atoms with Crippen molar-refractivity contribution in [1.82, 2.24) is 28.9 Å². The Hall–Kier alpha value is -4.32. The van der Waals surface area contributed by atoms with Crippen LogP contribution in [0.3, 0.4) is 0 Å². The minimum atomic E-state index is -1.11. The monoisotopic (exact) mass is 652 g/mol. The van der Waals surface area contributed by atoms with Crippen molar-refractivity contribution in [2.24, 2.45) is 5.92 Å². The van der Waals surface area contributed by atoms with Gasteiger partial charge in [0.15, 0.2) is 5.65 Å². The molecule has 10 nitrogen and oxygen atoms in total. The first kappa shape index (κ1) is 31.3. The summed E-state index contributed by atoms with van der Waals surface area (Å²) in [4.78, 5) is 42.3. The molecule has 5 heterocycles. The van der Waals surface area contributed by atoms with Gasteiger partial charge in [0.2, 0.25) is 5.91 Å². The normalized spacial score (nSPS) is 20.0. The van der Waals surface area contributed by atoms with Crippen LogP contribution in [0.15, 0.2) is 84.2 Å². The van der Waals surface area contributed by atoms with Gasteiger partial charge in [0.1, 0.15) is 17.1 Å². The molecule has 2 atom stereocenters. The zero-order valence-corrected chi connectivity index (χ0v) is 27.6. The topological polar surface area (TPSA) is 106 Å². The Labute approximate surface area is 277 Å². The van der Waals surface area contributed by atoms with E-state index in [0.29, 0.717) is 37.0 Å². The lowest BCUT2D eigenvalue weighted by Crippen LogP contribution is -2.53. The van der Waals surface area contributed by atoms with E-state index in [0.717, 1.165) is 42.5 Å². The summed E-state index contributed by atoms with van der Waals surface area (Å²) in [6, 6.07) is 19.7. The fourth-order valence-electron chi connectivity index (χ4n) is 7.13. The highest BCUT2D eigenvalue weighted by molar-refractivity contribution is 7.11. The largest absolute Gasteiger partial charge is 0.497 e. The Bertz CT molecular complexity index is 1910. The fraction of sp³-hybridized carbons (Fsp3) is 0.389. The minimum Gasteiger partial charge on any atom is -0.497 e. The van der Waals surface area contributed by atoms with Gasteiger partial charge in [-0.05, 0) is 68.6 Å². The van der Waals surface area contributed by atoms with Gasteiger partial charge in [-0.25, -0.2) is 9.97 Å². The van der Waals surface area contributed by atoms with Crippen molar-refractivity contribution >= 4 is 28.3 Å². The van der Waals surface area contributed by atoms with Gasteiger partial charge >= 0.3 is 0 Å². The van der Waals surface area contributed by atoms with E-state index in [1.165, 1.54) is 21.3 Å². The van der Waals surface area contributed by atoms with Gasteiger partial charge in [-0.15, -0.1) is 11.3 Å². The van der Waals surface area contributed by atoms with Crippen molar-refractivity contribution in [3.8, 4) is 11.4 Å². The SMILES string of the molecule is COc1ccc(-n2ccc3c(=O)n(CC4(O)CCN(C(=O)C5CCN(Cc6ncc(C)s6)CC5c5ccccc5)CC4)cnc32)cc1. The number of carbonyl (C=O) groups excluding carboxylic acids is 1. The van der Waals surface area contributed by atoms with Crippen LogP contribution in [0.5, 0.6) is 5.75 Å². The van der Waals surface area contributed by atoms with Crippen molar-refractivity contribution in [1.29, 1.82) is 0 Å². The van der Waals surface area contributed by atoms with Gasteiger partial charge < -0.3 is 19.3 Å². The highest BCUT2D eigenvalue weighted by Crippen LogP contribution is 2.36. The van der Waals surface area contributed by atoms with E-state index < -0.39 is 5.60 Å². The van der Waals surface area contributed by atoms with E-state index in [4.69, 9.17) is 4.74 Å². The highest BCUT2D eigenvalue weighted by Gasteiger charge is 2.41. The molecule has 0 radical (unpaired) electrons. The predicted molar refractivity (Wildman–Crippen MR) is 182 cm³/mol. The number of nitrogens with zero attached hydrogens (tertiary/aromatic N) is 6. The van der Waals surface area contributed by atoms with Gasteiger partial charge in [-0.3, -0.25) is 19.1 Å². The van der Waals surface area contributed by atoms with Crippen molar-refractivity contribution < 1.29 is 14.6 Å². The number of amides is 1. The third kappa shape index (κ3) is 6.47. The molecular formula is C36H40N6O4S. The van der Waals surface area contributed by atoms with Crippen LogP contribution in [0.4, 0.5) is 0 Å². The lowest BCUT2D eigenvalue weighted by Gasteiger charge is -2.43.